The smallest absolute Gasteiger partial charge is 0.221 e. The molecule has 6 heteroatoms. The molecular weight excluding hydrogens is 290 g/mol. The normalized spacial score (nSPS) is 15.8. The van der Waals surface area contributed by atoms with Gasteiger partial charge in [0.2, 0.25) is 5.95 Å². The quantitative estimate of drug-likeness (QED) is 0.900. The molecule has 0 atom stereocenters. The molecule has 122 valence electrons. The number of nitrogens with zero attached hydrogens (tertiary/aromatic N) is 3. The molecule has 1 aliphatic rings. The second kappa shape index (κ2) is 6.83. The number of piperidine rings is 1. The molecule has 1 saturated heterocycles. The third kappa shape index (κ3) is 3.53. The summed E-state index contributed by atoms with van der Waals surface area (Å²) in [7, 11) is 0. The summed E-state index contributed by atoms with van der Waals surface area (Å²) in [5.74, 6) is 0.600. The summed E-state index contributed by atoms with van der Waals surface area (Å²) in [6, 6.07) is 8.34. The van der Waals surface area contributed by atoms with E-state index in [2.05, 4.69) is 46.1 Å². The van der Waals surface area contributed by atoms with Crippen LogP contribution in [0, 0.1) is 0 Å². The Labute approximate surface area is 136 Å². The van der Waals surface area contributed by atoms with Gasteiger partial charge < -0.3 is 21.1 Å². The molecule has 0 bridgehead atoms. The van der Waals surface area contributed by atoms with Crippen LogP contribution in [-0.2, 0) is 4.74 Å². The molecule has 0 aliphatic carbocycles. The van der Waals surface area contributed by atoms with Crippen molar-refractivity contribution in [3.63, 3.8) is 0 Å². The summed E-state index contributed by atoms with van der Waals surface area (Å²) in [5.41, 5.74) is 14.5. The van der Waals surface area contributed by atoms with Crippen molar-refractivity contribution in [2.75, 3.05) is 36.1 Å². The number of hydrogen-bond donors (Lipinski definition) is 2. The Hall–Kier alpha value is -2.34. The first kappa shape index (κ1) is 15.6. The molecule has 0 radical (unpaired) electrons. The Morgan fingerprint density at radius 3 is 2.48 bits per heavy atom. The summed E-state index contributed by atoms with van der Waals surface area (Å²) < 4.78 is 5.70. The molecule has 0 unspecified atom stereocenters. The Morgan fingerprint density at radius 1 is 1.17 bits per heavy atom. The van der Waals surface area contributed by atoms with Crippen LogP contribution < -0.4 is 16.4 Å². The van der Waals surface area contributed by atoms with Crippen molar-refractivity contribution in [3.8, 4) is 11.1 Å². The lowest BCUT2D eigenvalue weighted by Gasteiger charge is -2.33. The summed E-state index contributed by atoms with van der Waals surface area (Å²) in [6.07, 6.45) is 4.23. The molecule has 0 spiro atoms. The molecule has 0 saturated carbocycles. The zero-order valence-corrected chi connectivity index (χ0v) is 13.4. The van der Waals surface area contributed by atoms with Crippen molar-refractivity contribution in [2.45, 2.75) is 25.9 Å². The van der Waals surface area contributed by atoms with Crippen molar-refractivity contribution >= 4 is 17.5 Å². The van der Waals surface area contributed by atoms with Gasteiger partial charge in [-0.2, -0.15) is 4.98 Å². The van der Waals surface area contributed by atoms with Gasteiger partial charge in [0.15, 0.2) is 0 Å². The molecule has 0 amide bonds. The monoisotopic (exact) mass is 313 g/mol. The van der Waals surface area contributed by atoms with Crippen LogP contribution in [-0.4, -0.2) is 35.8 Å². The molecule has 1 fully saturated rings. The third-order valence-electron chi connectivity index (χ3n) is 4.22. The van der Waals surface area contributed by atoms with E-state index >= 15 is 0 Å². The molecular formula is C17H23N5O. The van der Waals surface area contributed by atoms with Crippen LogP contribution in [0.5, 0.6) is 0 Å². The maximum absolute atomic E-state index is 5.92. The van der Waals surface area contributed by atoms with Crippen molar-refractivity contribution in [3.05, 3.63) is 30.5 Å². The SMILES string of the molecule is CCOC1CCN(c2ccc(-c3cnc(N)nc3N)cc2)CC1. The Morgan fingerprint density at radius 2 is 1.87 bits per heavy atom. The van der Waals surface area contributed by atoms with E-state index in [9.17, 15) is 0 Å². The van der Waals surface area contributed by atoms with Gasteiger partial charge in [-0.25, -0.2) is 4.98 Å². The first-order chi connectivity index (χ1) is 11.2. The number of hydrogen-bond acceptors (Lipinski definition) is 6. The van der Waals surface area contributed by atoms with Crippen molar-refractivity contribution in [2.24, 2.45) is 0 Å². The van der Waals surface area contributed by atoms with E-state index in [4.69, 9.17) is 16.2 Å². The fraction of sp³-hybridized carbons (Fsp3) is 0.412. The molecule has 2 aromatic rings. The fourth-order valence-corrected chi connectivity index (χ4v) is 3.00. The van der Waals surface area contributed by atoms with Gasteiger partial charge in [0.05, 0.1) is 6.10 Å². The highest BCUT2D eigenvalue weighted by molar-refractivity contribution is 5.74. The molecule has 23 heavy (non-hydrogen) atoms. The lowest BCUT2D eigenvalue weighted by molar-refractivity contribution is 0.0459. The van der Waals surface area contributed by atoms with Crippen molar-refractivity contribution < 1.29 is 4.74 Å². The highest BCUT2D eigenvalue weighted by Crippen LogP contribution is 2.28. The number of anilines is 3. The zero-order chi connectivity index (χ0) is 16.2. The molecule has 6 nitrogen and oxygen atoms in total. The number of benzene rings is 1. The number of rotatable bonds is 4. The molecule has 3 rings (SSSR count). The van der Waals surface area contributed by atoms with E-state index in [-0.39, 0.29) is 5.95 Å². The fourth-order valence-electron chi connectivity index (χ4n) is 3.00. The molecule has 1 aromatic heterocycles. The van der Waals surface area contributed by atoms with Gasteiger partial charge >= 0.3 is 0 Å². The first-order valence-electron chi connectivity index (χ1n) is 8.02. The molecule has 1 aliphatic heterocycles. The van der Waals surface area contributed by atoms with Gasteiger partial charge in [0.1, 0.15) is 5.82 Å². The van der Waals surface area contributed by atoms with E-state index in [0.717, 1.165) is 43.7 Å². The predicted octanol–water partition coefficient (Wildman–Crippen LogP) is 2.31. The number of ether oxygens (including phenoxy) is 1. The standard InChI is InChI=1S/C17H23N5O/c1-2-23-14-7-9-22(10-8-14)13-5-3-12(4-6-13)15-11-20-17(19)21-16(15)18/h3-6,11,14H,2,7-10H2,1H3,(H4,18,19,20,21). The van der Waals surface area contributed by atoms with Gasteiger partial charge in [-0.3, -0.25) is 0 Å². The molecule has 2 heterocycles. The van der Waals surface area contributed by atoms with Crippen LogP contribution in [0.3, 0.4) is 0 Å². The minimum atomic E-state index is 0.194. The van der Waals surface area contributed by atoms with Crippen LogP contribution >= 0.6 is 0 Å². The van der Waals surface area contributed by atoms with Gasteiger partial charge in [-0.1, -0.05) is 12.1 Å². The lowest BCUT2D eigenvalue weighted by Crippen LogP contribution is -2.37. The second-order valence-corrected chi connectivity index (χ2v) is 5.72. The van der Waals surface area contributed by atoms with Crippen LogP contribution in [0.25, 0.3) is 11.1 Å². The average molecular weight is 313 g/mol. The Kier molecular flexibility index (Phi) is 4.62. The number of nitrogen functional groups attached to an aromatic ring is 2. The Balaban J connectivity index is 1.70. The zero-order valence-electron chi connectivity index (χ0n) is 13.4. The van der Waals surface area contributed by atoms with Crippen LogP contribution in [0.15, 0.2) is 30.5 Å². The van der Waals surface area contributed by atoms with E-state index in [1.54, 1.807) is 6.20 Å². The van der Waals surface area contributed by atoms with Gasteiger partial charge in [-0.05, 0) is 37.5 Å². The summed E-state index contributed by atoms with van der Waals surface area (Å²) in [4.78, 5) is 10.4. The highest BCUT2D eigenvalue weighted by Gasteiger charge is 2.19. The summed E-state index contributed by atoms with van der Waals surface area (Å²) in [5, 5.41) is 0. The lowest BCUT2D eigenvalue weighted by atomic mass is 10.0. The molecule has 1 aromatic carbocycles. The summed E-state index contributed by atoms with van der Waals surface area (Å²) in [6.45, 7) is 4.90. The Bertz CT molecular complexity index is 651. The van der Waals surface area contributed by atoms with Crippen LogP contribution in [0.1, 0.15) is 19.8 Å². The van der Waals surface area contributed by atoms with Crippen LogP contribution in [0.4, 0.5) is 17.5 Å². The predicted molar refractivity (Wildman–Crippen MR) is 93.2 cm³/mol. The minimum Gasteiger partial charge on any atom is -0.383 e. The first-order valence-corrected chi connectivity index (χ1v) is 8.02. The maximum atomic E-state index is 5.92. The van der Waals surface area contributed by atoms with E-state index in [0.29, 0.717) is 11.9 Å². The van der Waals surface area contributed by atoms with Gasteiger partial charge in [-0.15, -0.1) is 0 Å². The van der Waals surface area contributed by atoms with Gasteiger partial charge in [0, 0.05) is 37.1 Å². The van der Waals surface area contributed by atoms with Crippen LogP contribution in [0.2, 0.25) is 0 Å². The number of aromatic nitrogens is 2. The summed E-state index contributed by atoms with van der Waals surface area (Å²) >= 11 is 0. The number of nitrogens with two attached hydrogens (primary N) is 2. The van der Waals surface area contributed by atoms with E-state index in [1.165, 1.54) is 5.69 Å². The van der Waals surface area contributed by atoms with Gasteiger partial charge in [0.25, 0.3) is 0 Å². The third-order valence-corrected chi connectivity index (χ3v) is 4.22. The van der Waals surface area contributed by atoms with Crippen molar-refractivity contribution in [1.29, 1.82) is 0 Å². The second-order valence-electron chi connectivity index (χ2n) is 5.72. The van der Waals surface area contributed by atoms with Crippen molar-refractivity contribution in [1.82, 2.24) is 9.97 Å². The maximum Gasteiger partial charge on any atom is 0.221 e. The topological polar surface area (TPSA) is 90.3 Å². The van der Waals surface area contributed by atoms with E-state index < -0.39 is 0 Å². The largest absolute Gasteiger partial charge is 0.383 e. The highest BCUT2D eigenvalue weighted by atomic mass is 16.5. The van der Waals surface area contributed by atoms with E-state index in [1.807, 2.05) is 0 Å². The average Bonchev–Trinajstić information content (AvgIpc) is 2.56. The molecule has 4 N–H and O–H groups in total. The minimum absolute atomic E-state index is 0.194.